The molecule has 1 fully saturated rings. The zero-order valence-electron chi connectivity index (χ0n) is 10.6. The average molecular weight is 282 g/mol. The first-order chi connectivity index (χ1) is 8.69. The van der Waals surface area contributed by atoms with Crippen LogP contribution in [0.5, 0.6) is 0 Å². The molecule has 3 heterocycles. The second-order valence-corrected chi connectivity index (χ2v) is 6.24. The number of hydrogen-bond acceptors (Lipinski definition) is 4. The number of halogens is 1. The highest BCUT2D eigenvalue weighted by atomic mass is 35.5. The summed E-state index contributed by atoms with van der Waals surface area (Å²) in [4.78, 5) is 13.5. The largest absolute Gasteiger partial charge is 0.353 e. The number of hydrogen-bond donors (Lipinski definition) is 0. The molecule has 3 nitrogen and oxygen atoms in total. The molecule has 0 bridgehead atoms. The van der Waals surface area contributed by atoms with Gasteiger partial charge in [-0.05, 0) is 43.9 Å². The molecule has 0 amide bonds. The van der Waals surface area contributed by atoms with E-state index < -0.39 is 0 Å². The topological polar surface area (TPSA) is 29.0 Å². The zero-order chi connectivity index (χ0) is 12.7. The Balaban J connectivity index is 2.17. The van der Waals surface area contributed by atoms with Gasteiger partial charge in [0, 0.05) is 17.5 Å². The molecule has 2 aromatic heterocycles. The number of nitrogens with zero attached hydrogens (tertiary/aromatic N) is 3. The molecular formula is C13H16ClN3S. The van der Waals surface area contributed by atoms with Crippen LogP contribution in [0.25, 0.3) is 10.2 Å². The first-order valence-corrected chi connectivity index (χ1v) is 7.61. The van der Waals surface area contributed by atoms with Crippen LogP contribution in [0.1, 0.15) is 31.6 Å². The Morgan fingerprint density at radius 1 is 1.50 bits per heavy atom. The lowest BCUT2D eigenvalue weighted by atomic mass is 10.2. The lowest BCUT2D eigenvalue weighted by molar-refractivity contribution is 0.729. The van der Waals surface area contributed by atoms with Crippen molar-refractivity contribution >= 4 is 39.0 Å². The van der Waals surface area contributed by atoms with E-state index in [0.717, 1.165) is 29.0 Å². The zero-order valence-corrected chi connectivity index (χ0v) is 12.2. The Morgan fingerprint density at radius 2 is 2.33 bits per heavy atom. The summed E-state index contributed by atoms with van der Waals surface area (Å²) in [6, 6.07) is 2.76. The summed E-state index contributed by atoms with van der Waals surface area (Å²) in [7, 11) is 0. The smallest absolute Gasteiger partial charge is 0.225 e. The van der Waals surface area contributed by atoms with Gasteiger partial charge in [0.1, 0.15) is 10.6 Å². The van der Waals surface area contributed by atoms with E-state index in [1.807, 2.05) is 0 Å². The third-order valence-corrected chi connectivity index (χ3v) is 4.91. The van der Waals surface area contributed by atoms with Gasteiger partial charge in [0.2, 0.25) is 5.28 Å². The Hall–Kier alpha value is -0.870. The van der Waals surface area contributed by atoms with Gasteiger partial charge in [0.05, 0.1) is 5.39 Å². The standard InChI is InChI=1S/C13H16ClN3S/c1-3-9-7-10-11(17-6-4-5-8(17)2)15-13(14)16-12(10)18-9/h7-8H,3-6H2,1-2H3. The average Bonchev–Trinajstić information content (AvgIpc) is 2.93. The van der Waals surface area contributed by atoms with Crippen molar-refractivity contribution in [1.29, 1.82) is 0 Å². The minimum Gasteiger partial charge on any atom is -0.353 e. The molecule has 0 aliphatic carbocycles. The monoisotopic (exact) mass is 281 g/mol. The van der Waals surface area contributed by atoms with Crippen LogP contribution in [0.2, 0.25) is 5.28 Å². The summed E-state index contributed by atoms with van der Waals surface area (Å²) < 4.78 is 0. The summed E-state index contributed by atoms with van der Waals surface area (Å²) in [5.74, 6) is 1.02. The van der Waals surface area contributed by atoms with Crippen LogP contribution in [0.4, 0.5) is 5.82 Å². The van der Waals surface area contributed by atoms with Crippen LogP contribution >= 0.6 is 22.9 Å². The fourth-order valence-electron chi connectivity index (χ4n) is 2.57. The summed E-state index contributed by atoms with van der Waals surface area (Å²) in [6.07, 6.45) is 3.50. The number of aryl methyl sites for hydroxylation is 1. The number of rotatable bonds is 2. The SMILES string of the molecule is CCc1cc2c(N3CCCC3C)nc(Cl)nc2s1. The highest BCUT2D eigenvalue weighted by Crippen LogP contribution is 2.35. The third kappa shape index (κ3) is 1.97. The predicted molar refractivity (Wildman–Crippen MR) is 77.8 cm³/mol. The van der Waals surface area contributed by atoms with Crippen LogP contribution in [0.15, 0.2) is 6.07 Å². The molecule has 0 saturated carbocycles. The normalized spacial score (nSPS) is 19.9. The molecule has 18 heavy (non-hydrogen) atoms. The lowest BCUT2D eigenvalue weighted by Crippen LogP contribution is -2.27. The van der Waals surface area contributed by atoms with Crippen LogP contribution in [0, 0.1) is 0 Å². The van der Waals surface area contributed by atoms with Crippen molar-refractivity contribution in [3.05, 3.63) is 16.2 Å². The van der Waals surface area contributed by atoms with Gasteiger partial charge in [-0.2, -0.15) is 4.98 Å². The number of aromatic nitrogens is 2. The van der Waals surface area contributed by atoms with Gasteiger partial charge in [-0.15, -0.1) is 11.3 Å². The predicted octanol–water partition coefficient (Wildman–Crippen LogP) is 3.90. The van der Waals surface area contributed by atoms with Crippen molar-refractivity contribution < 1.29 is 0 Å². The molecule has 2 aromatic rings. The molecule has 0 aromatic carbocycles. The first-order valence-electron chi connectivity index (χ1n) is 6.41. The van der Waals surface area contributed by atoms with Crippen molar-refractivity contribution in [3.8, 4) is 0 Å². The minimum atomic E-state index is 0.362. The maximum atomic E-state index is 6.06. The first kappa shape index (κ1) is 12.2. The quantitative estimate of drug-likeness (QED) is 0.782. The molecule has 0 spiro atoms. The molecule has 1 aliphatic rings. The van der Waals surface area contributed by atoms with Crippen LogP contribution in [0.3, 0.4) is 0 Å². The van der Waals surface area contributed by atoms with E-state index >= 15 is 0 Å². The number of thiophene rings is 1. The van der Waals surface area contributed by atoms with Crippen LogP contribution in [-0.2, 0) is 6.42 Å². The van der Waals surface area contributed by atoms with Gasteiger partial charge in [-0.1, -0.05) is 6.92 Å². The van der Waals surface area contributed by atoms with Crippen LogP contribution in [-0.4, -0.2) is 22.6 Å². The molecule has 1 atom stereocenters. The third-order valence-electron chi connectivity index (χ3n) is 3.57. The highest BCUT2D eigenvalue weighted by Gasteiger charge is 2.24. The molecule has 0 radical (unpaired) electrons. The van der Waals surface area contributed by atoms with Crippen molar-refractivity contribution in [2.45, 2.75) is 39.2 Å². The van der Waals surface area contributed by atoms with E-state index in [2.05, 4.69) is 34.8 Å². The van der Waals surface area contributed by atoms with E-state index in [4.69, 9.17) is 11.6 Å². The van der Waals surface area contributed by atoms with E-state index in [1.165, 1.54) is 17.7 Å². The van der Waals surface area contributed by atoms with Gasteiger partial charge in [-0.3, -0.25) is 0 Å². The van der Waals surface area contributed by atoms with Crippen molar-refractivity contribution in [3.63, 3.8) is 0 Å². The molecule has 1 unspecified atom stereocenters. The van der Waals surface area contributed by atoms with Gasteiger partial charge >= 0.3 is 0 Å². The molecule has 1 saturated heterocycles. The fourth-order valence-corrected chi connectivity index (χ4v) is 3.75. The fraction of sp³-hybridized carbons (Fsp3) is 0.538. The lowest BCUT2D eigenvalue weighted by Gasteiger charge is -2.23. The molecular weight excluding hydrogens is 266 g/mol. The summed E-state index contributed by atoms with van der Waals surface area (Å²) in [5.41, 5.74) is 0. The molecule has 1 aliphatic heterocycles. The van der Waals surface area contributed by atoms with Crippen LogP contribution < -0.4 is 4.90 Å². The van der Waals surface area contributed by atoms with Crippen molar-refractivity contribution in [1.82, 2.24) is 9.97 Å². The minimum absolute atomic E-state index is 0.362. The molecule has 0 N–H and O–H groups in total. The molecule has 5 heteroatoms. The molecule has 3 rings (SSSR count). The Bertz CT molecular complexity index is 581. The maximum Gasteiger partial charge on any atom is 0.225 e. The second-order valence-electron chi connectivity index (χ2n) is 4.79. The summed E-state index contributed by atoms with van der Waals surface area (Å²) in [6.45, 7) is 5.49. The second kappa shape index (κ2) is 4.67. The molecule has 96 valence electrons. The summed E-state index contributed by atoms with van der Waals surface area (Å²) >= 11 is 7.78. The Labute approximate surface area is 116 Å². The number of anilines is 1. The number of fused-ring (bicyclic) bond motifs is 1. The summed E-state index contributed by atoms with van der Waals surface area (Å²) in [5, 5.41) is 1.52. The van der Waals surface area contributed by atoms with E-state index in [9.17, 15) is 0 Å². The van der Waals surface area contributed by atoms with Crippen molar-refractivity contribution in [2.75, 3.05) is 11.4 Å². The van der Waals surface area contributed by atoms with Gasteiger partial charge < -0.3 is 4.90 Å². The van der Waals surface area contributed by atoms with E-state index in [1.54, 1.807) is 11.3 Å². The van der Waals surface area contributed by atoms with Crippen molar-refractivity contribution in [2.24, 2.45) is 0 Å². The highest BCUT2D eigenvalue weighted by molar-refractivity contribution is 7.18. The van der Waals surface area contributed by atoms with Gasteiger partial charge in [0.25, 0.3) is 0 Å². The van der Waals surface area contributed by atoms with Gasteiger partial charge in [0.15, 0.2) is 0 Å². The van der Waals surface area contributed by atoms with E-state index in [-0.39, 0.29) is 0 Å². The Kier molecular flexibility index (Phi) is 3.16. The maximum absolute atomic E-state index is 6.06. The van der Waals surface area contributed by atoms with Gasteiger partial charge in [-0.25, -0.2) is 4.98 Å². The Morgan fingerprint density at radius 3 is 3.00 bits per heavy atom. The van der Waals surface area contributed by atoms with E-state index in [0.29, 0.717) is 11.3 Å².